The second-order valence-electron chi connectivity index (χ2n) is 5.03. The molecule has 0 fully saturated rings. The average molecular weight is 258 g/mol. The molecule has 0 spiro atoms. The second-order valence-corrected chi connectivity index (χ2v) is 5.03. The normalized spacial score (nSPS) is 11.6. The summed E-state index contributed by atoms with van der Waals surface area (Å²) in [6.45, 7) is 4.42. The van der Waals surface area contributed by atoms with Gasteiger partial charge >= 0.3 is 0 Å². The van der Waals surface area contributed by atoms with Gasteiger partial charge in [-0.2, -0.15) is 0 Å². The van der Waals surface area contributed by atoms with Crippen molar-refractivity contribution in [1.82, 2.24) is 0 Å². The van der Waals surface area contributed by atoms with Crippen LogP contribution in [0.2, 0.25) is 0 Å². The molecule has 1 rings (SSSR count). The lowest BCUT2D eigenvalue weighted by Gasteiger charge is -2.09. The van der Waals surface area contributed by atoms with Crippen molar-refractivity contribution in [2.45, 2.75) is 58.8 Å². The molecule has 0 aliphatic heterocycles. The van der Waals surface area contributed by atoms with Gasteiger partial charge < -0.3 is 0 Å². The lowest BCUT2D eigenvalue weighted by molar-refractivity contribution is 0.112. The summed E-state index contributed by atoms with van der Waals surface area (Å²) in [7, 11) is 0. The Hall–Kier alpha value is -1.37. The van der Waals surface area contributed by atoms with Gasteiger partial charge in [0, 0.05) is 5.56 Å². The van der Waals surface area contributed by atoms with Crippen molar-refractivity contribution in [2.24, 2.45) is 0 Å². The van der Waals surface area contributed by atoms with Gasteiger partial charge in [-0.05, 0) is 30.4 Å². The Morgan fingerprint density at radius 1 is 1.05 bits per heavy atom. The molecule has 0 N–H and O–H groups in total. The van der Waals surface area contributed by atoms with E-state index in [0.717, 1.165) is 36.7 Å². The number of aldehydes is 1. The van der Waals surface area contributed by atoms with Crippen LogP contribution in [0.1, 0.15) is 74.7 Å². The average Bonchev–Trinajstić information content (AvgIpc) is 2.46. The Bertz CT molecular complexity index is 404. The monoisotopic (exact) mass is 258 g/mol. The highest BCUT2D eigenvalue weighted by molar-refractivity contribution is 5.85. The molecule has 0 amide bonds. The molecule has 1 aromatic rings. The summed E-state index contributed by atoms with van der Waals surface area (Å²) in [5.41, 5.74) is 3.27. The Balaban J connectivity index is 2.75. The van der Waals surface area contributed by atoms with Crippen molar-refractivity contribution >= 4 is 11.9 Å². The highest BCUT2D eigenvalue weighted by Crippen LogP contribution is 2.24. The number of hydrogen-bond donors (Lipinski definition) is 0. The van der Waals surface area contributed by atoms with Gasteiger partial charge in [-0.1, -0.05) is 69.9 Å². The zero-order valence-corrected chi connectivity index (χ0v) is 12.3. The predicted molar refractivity (Wildman–Crippen MR) is 83.5 cm³/mol. The summed E-state index contributed by atoms with van der Waals surface area (Å²) in [6.07, 6.45) is 11.8. The summed E-state index contributed by atoms with van der Waals surface area (Å²) in [5, 5.41) is 0. The minimum atomic E-state index is 0.816. The largest absolute Gasteiger partial charge is 0.298 e. The van der Waals surface area contributed by atoms with Crippen molar-refractivity contribution in [3.8, 4) is 0 Å². The minimum Gasteiger partial charge on any atom is -0.298 e. The fourth-order valence-corrected chi connectivity index (χ4v) is 2.36. The van der Waals surface area contributed by atoms with Crippen LogP contribution in [-0.2, 0) is 0 Å². The summed E-state index contributed by atoms with van der Waals surface area (Å²) >= 11 is 0. The number of carbonyl (C=O) groups is 1. The predicted octanol–water partition coefficient (Wildman–Crippen LogP) is 5.65. The SMILES string of the molecule is CCCCCCC=C(CCC)c1ccccc1C=O. The first-order valence-electron chi connectivity index (χ1n) is 7.57. The summed E-state index contributed by atoms with van der Waals surface area (Å²) in [5.74, 6) is 0. The molecule has 0 heterocycles. The number of benzene rings is 1. The molecular formula is C18H26O. The van der Waals surface area contributed by atoms with Crippen LogP contribution < -0.4 is 0 Å². The minimum absolute atomic E-state index is 0.816. The quantitative estimate of drug-likeness (QED) is 0.413. The van der Waals surface area contributed by atoms with E-state index in [1.54, 1.807) is 0 Å². The molecule has 0 radical (unpaired) electrons. The number of carbonyl (C=O) groups excluding carboxylic acids is 1. The van der Waals surface area contributed by atoms with Crippen LogP contribution in [0, 0.1) is 0 Å². The van der Waals surface area contributed by atoms with Gasteiger partial charge in [0.25, 0.3) is 0 Å². The molecule has 1 heteroatoms. The van der Waals surface area contributed by atoms with Crippen LogP contribution in [0.3, 0.4) is 0 Å². The zero-order valence-electron chi connectivity index (χ0n) is 12.3. The maximum absolute atomic E-state index is 11.1. The third kappa shape index (κ3) is 5.42. The molecule has 0 saturated heterocycles. The summed E-state index contributed by atoms with van der Waals surface area (Å²) in [6, 6.07) is 7.92. The molecule has 0 aliphatic rings. The number of rotatable bonds is 9. The third-order valence-electron chi connectivity index (χ3n) is 3.40. The van der Waals surface area contributed by atoms with Crippen molar-refractivity contribution in [1.29, 1.82) is 0 Å². The molecular weight excluding hydrogens is 232 g/mol. The smallest absolute Gasteiger partial charge is 0.150 e. The van der Waals surface area contributed by atoms with E-state index in [1.807, 2.05) is 18.2 Å². The molecule has 0 aromatic heterocycles. The van der Waals surface area contributed by atoms with Crippen molar-refractivity contribution < 1.29 is 4.79 Å². The van der Waals surface area contributed by atoms with Crippen LogP contribution >= 0.6 is 0 Å². The standard InChI is InChI=1S/C18H26O/c1-3-5-6-7-8-12-16(11-4-2)18-14-10-9-13-17(18)15-19/h9-10,12-15H,3-8,11H2,1-2H3. The lowest BCUT2D eigenvalue weighted by Crippen LogP contribution is -1.92. The van der Waals surface area contributed by atoms with Gasteiger partial charge in [0.15, 0.2) is 6.29 Å². The molecule has 0 aliphatic carbocycles. The van der Waals surface area contributed by atoms with Gasteiger partial charge in [0.2, 0.25) is 0 Å². The first-order chi connectivity index (χ1) is 9.33. The van der Waals surface area contributed by atoms with E-state index in [2.05, 4.69) is 26.0 Å². The molecule has 1 nitrogen and oxygen atoms in total. The Kier molecular flexibility index (Phi) is 7.88. The highest BCUT2D eigenvalue weighted by atomic mass is 16.1. The first-order valence-corrected chi connectivity index (χ1v) is 7.57. The highest BCUT2D eigenvalue weighted by Gasteiger charge is 2.05. The second kappa shape index (κ2) is 9.55. The fraction of sp³-hybridized carbons (Fsp3) is 0.500. The maximum Gasteiger partial charge on any atom is 0.150 e. The first kappa shape index (κ1) is 15.7. The van der Waals surface area contributed by atoms with Crippen molar-refractivity contribution in [2.75, 3.05) is 0 Å². The van der Waals surface area contributed by atoms with Gasteiger partial charge in [0.1, 0.15) is 0 Å². The number of unbranched alkanes of at least 4 members (excludes halogenated alkanes) is 4. The van der Waals surface area contributed by atoms with Gasteiger partial charge in [-0.25, -0.2) is 0 Å². The van der Waals surface area contributed by atoms with Gasteiger partial charge in [-0.15, -0.1) is 0 Å². The van der Waals surface area contributed by atoms with Crippen LogP contribution in [0.25, 0.3) is 5.57 Å². The fourth-order valence-electron chi connectivity index (χ4n) is 2.36. The van der Waals surface area contributed by atoms with E-state index in [0.29, 0.717) is 0 Å². The Morgan fingerprint density at radius 3 is 2.53 bits per heavy atom. The topological polar surface area (TPSA) is 17.1 Å². The van der Waals surface area contributed by atoms with Gasteiger partial charge in [0.05, 0.1) is 0 Å². The molecule has 0 bridgehead atoms. The van der Waals surface area contributed by atoms with E-state index in [1.165, 1.54) is 31.3 Å². The van der Waals surface area contributed by atoms with Crippen LogP contribution in [0.15, 0.2) is 30.3 Å². The van der Waals surface area contributed by atoms with Crippen LogP contribution in [0.5, 0.6) is 0 Å². The molecule has 19 heavy (non-hydrogen) atoms. The van der Waals surface area contributed by atoms with E-state index < -0.39 is 0 Å². The molecule has 0 saturated carbocycles. The number of hydrogen-bond acceptors (Lipinski definition) is 1. The Labute approximate surface area is 117 Å². The van der Waals surface area contributed by atoms with Crippen molar-refractivity contribution in [3.05, 3.63) is 41.5 Å². The van der Waals surface area contributed by atoms with E-state index in [-0.39, 0.29) is 0 Å². The van der Waals surface area contributed by atoms with E-state index in [9.17, 15) is 4.79 Å². The molecule has 0 unspecified atom stereocenters. The molecule has 104 valence electrons. The maximum atomic E-state index is 11.1. The summed E-state index contributed by atoms with van der Waals surface area (Å²) < 4.78 is 0. The van der Waals surface area contributed by atoms with E-state index in [4.69, 9.17) is 0 Å². The molecule has 0 atom stereocenters. The third-order valence-corrected chi connectivity index (χ3v) is 3.40. The lowest BCUT2D eigenvalue weighted by atomic mass is 9.95. The van der Waals surface area contributed by atoms with E-state index >= 15 is 0 Å². The number of allylic oxidation sites excluding steroid dienone is 2. The van der Waals surface area contributed by atoms with Gasteiger partial charge in [-0.3, -0.25) is 4.79 Å². The van der Waals surface area contributed by atoms with Crippen LogP contribution in [0.4, 0.5) is 0 Å². The van der Waals surface area contributed by atoms with Crippen molar-refractivity contribution in [3.63, 3.8) is 0 Å². The Morgan fingerprint density at radius 2 is 1.84 bits per heavy atom. The zero-order chi connectivity index (χ0) is 13.9. The van der Waals surface area contributed by atoms with Crippen LogP contribution in [-0.4, -0.2) is 6.29 Å². The summed E-state index contributed by atoms with van der Waals surface area (Å²) in [4.78, 5) is 11.1. The molecule has 1 aromatic carbocycles.